The molecule has 0 radical (unpaired) electrons. The lowest BCUT2D eigenvalue weighted by Crippen LogP contribution is -2.08. The predicted molar refractivity (Wildman–Crippen MR) is 59.8 cm³/mol. The van der Waals surface area contributed by atoms with Crippen molar-refractivity contribution in [3.63, 3.8) is 0 Å². The van der Waals surface area contributed by atoms with Gasteiger partial charge in [0.1, 0.15) is 0 Å². The number of nitrogens with one attached hydrogen (secondary N) is 2. The molecule has 2 aromatic rings. The van der Waals surface area contributed by atoms with E-state index < -0.39 is 0 Å². The number of hydrogen-bond acceptors (Lipinski definition) is 8. The molecule has 17 heavy (non-hydrogen) atoms. The van der Waals surface area contributed by atoms with Crippen molar-refractivity contribution in [2.45, 2.75) is 6.54 Å². The average molecular weight is 236 g/mol. The van der Waals surface area contributed by atoms with Gasteiger partial charge in [-0.3, -0.25) is 0 Å². The third-order valence-corrected chi connectivity index (χ3v) is 1.93. The summed E-state index contributed by atoms with van der Waals surface area (Å²) in [5.41, 5.74) is 0. The van der Waals surface area contributed by atoms with E-state index in [2.05, 4.69) is 30.7 Å². The van der Waals surface area contributed by atoms with Gasteiger partial charge in [0.25, 0.3) is 0 Å². The molecule has 0 saturated carbocycles. The Morgan fingerprint density at radius 3 is 2.76 bits per heavy atom. The van der Waals surface area contributed by atoms with E-state index >= 15 is 0 Å². The smallest absolute Gasteiger partial charge is 0.322 e. The first-order valence-corrected chi connectivity index (χ1v) is 4.93. The summed E-state index contributed by atoms with van der Waals surface area (Å²) in [5.74, 6) is 1.52. The van der Waals surface area contributed by atoms with Gasteiger partial charge in [0.15, 0.2) is 5.76 Å². The lowest BCUT2D eigenvalue weighted by Gasteiger charge is -2.06. The Labute approximate surface area is 97.4 Å². The Bertz CT molecular complexity index is 450. The zero-order valence-electron chi connectivity index (χ0n) is 9.47. The van der Waals surface area contributed by atoms with Crippen molar-refractivity contribution in [1.82, 2.24) is 20.1 Å². The van der Waals surface area contributed by atoms with E-state index in [-0.39, 0.29) is 6.01 Å². The van der Waals surface area contributed by atoms with Crippen molar-refractivity contribution < 1.29 is 9.26 Å². The van der Waals surface area contributed by atoms with Crippen LogP contribution in [0.5, 0.6) is 6.01 Å². The molecule has 0 saturated heterocycles. The second-order valence-electron chi connectivity index (χ2n) is 3.05. The van der Waals surface area contributed by atoms with Crippen LogP contribution in [0.2, 0.25) is 0 Å². The third-order valence-electron chi connectivity index (χ3n) is 1.93. The van der Waals surface area contributed by atoms with Crippen molar-refractivity contribution >= 4 is 11.9 Å². The van der Waals surface area contributed by atoms with Gasteiger partial charge in [-0.15, -0.1) is 0 Å². The molecule has 0 spiro atoms. The molecule has 0 bridgehead atoms. The highest BCUT2D eigenvalue weighted by Crippen LogP contribution is 2.11. The van der Waals surface area contributed by atoms with Crippen molar-refractivity contribution in [3.05, 3.63) is 18.0 Å². The Hall–Kier alpha value is -2.38. The lowest BCUT2D eigenvalue weighted by atomic mass is 10.4. The Balaban J connectivity index is 2.09. The summed E-state index contributed by atoms with van der Waals surface area (Å²) in [4.78, 5) is 12.1. The van der Waals surface area contributed by atoms with Crippen LogP contribution in [0.1, 0.15) is 5.76 Å². The summed E-state index contributed by atoms with van der Waals surface area (Å²) in [6.45, 7) is 0.441. The molecule has 0 aliphatic carbocycles. The highest BCUT2D eigenvalue weighted by molar-refractivity contribution is 5.35. The predicted octanol–water partition coefficient (Wildman–Crippen LogP) is 0.522. The molecule has 2 N–H and O–H groups in total. The maximum absolute atomic E-state index is 4.96. The Morgan fingerprint density at radius 2 is 2.12 bits per heavy atom. The van der Waals surface area contributed by atoms with Crippen LogP contribution in [0.15, 0.2) is 16.8 Å². The van der Waals surface area contributed by atoms with Gasteiger partial charge in [-0.1, -0.05) is 5.16 Å². The number of rotatable bonds is 5. The number of aromatic nitrogens is 4. The average Bonchev–Trinajstić information content (AvgIpc) is 2.89. The van der Waals surface area contributed by atoms with Gasteiger partial charge in [0.05, 0.1) is 19.9 Å². The third kappa shape index (κ3) is 2.80. The zero-order chi connectivity index (χ0) is 12.1. The number of nitrogens with zero attached hydrogens (tertiary/aromatic N) is 4. The summed E-state index contributed by atoms with van der Waals surface area (Å²) in [6.07, 6.45) is 1.57. The van der Waals surface area contributed by atoms with Crippen LogP contribution < -0.4 is 15.4 Å². The van der Waals surface area contributed by atoms with Gasteiger partial charge in [-0.05, 0) is 0 Å². The zero-order valence-corrected chi connectivity index (χ0v) is 9.47. The van der Waals surface area contributed by atoms with Crippen molar-refractivity contribution in [2.75, 3.05) is 24.8 Å². The topological polar surface area (TPSA) is 98.0 Å². The highest BCUT2D eigenvalue weighted by Gasteiger charge is 2.06. The first-order chi connectivity index (χ1) is 8.31. The Kier molecular flexibility index (Phi) is 3.34. The van der Waals surface area contributed by atoms with Gasteiger partial charge in [0, 0.05) is 13.1 Å². The fraction of sp³-hybridized carbons (Fsp3) is 0.333. The number of ether oxygens (including phenoxy) is 1. The molecule has 2 heterocycles. The largest absolute Gasteiger partial charge is 0.467 e. The molecule has 8 nitrogen and oxygen atoms in total. The molecule has 0 aliphatic rings. The van der Waals surface area contributed by atoms with Crippen LogP contribution in [0.4, 0.5) is 11.9 Å². The van der Waals surface area contributed by atoms with Crippen molar-refractivity contribution in [1.29, 1.82) is 0 Å². The maximum atomic E-state index is 4.96. The molecule has 8 heteroatoms. The van der Waals surface area contributed by atoms with E-state index in [0.717, 1.165) is 0 Å². The van der Waals surface area contributed by atoms with Crippen LogP contribution in [-0.4, -0.2) is 34.3 Å². The quantitative estimate of drug-likeness (QED) is 0.775. The second kappa shape index (κ2) is 5.10. The van der Waals surface area contributed by atoms with Crippen LogP contribution in [0, 0.1) is 0 Å². The molecular weight excluding hydrogens is 224 g/mol. The normalized spacial score (nSPS) is 10.0. The molecule has 0 aromatic carbocycles. The number of hydrogen-bond donors (Lipinski definition) is 2. The number of methoxy groups -OCH3 is 1. The van der Waals surface area contributed by atoms with Crippen LogP contribution >= 0.6 is 0 Å². The minimum Gasteiger partial charge on any atom is -0.467 e. The summed E-state index contributed by atoms with van der Waals surface area (Å²) < 4.78 is 9.89. The molecule has 90 valence electrons. The fourth-order valence-electron chi connectivity index (χ4n) is 1.14. The SMILES string of the molecule is CNc1nc(NCc2ccno2)nc(OC)n1. The van der Waals surface area contributed by atoms with Crippen molar-refractivity contribution in [2.24, 2.45) is 0 Å². The summed E-state index contributed by atoms with van der Waals surface area (Å²) in [5, 5.41) is 9.39. The van der Waals surface area contributed by atoms with E-state index in [1.807, 2.05) is 0 Å². The van der Waals surface area contributed by atoms with Crippen molar-refractivity contribution in [3.8, 4) is 6.01 Å². The first kappa shape index (κ1) is 11.1. The summed E-state index contributed by atoms with van der Waals surface area (Å²) >= 11 is 0. The summed E-state index contributed by atoms with van der Waals surface area (Å²) in [6, 6.07) is 1.99. The van der Waals surface area contributed by atoms with Crippen LogP contribution in [0.25, 0.3) is 0 Å². The second-order valence-corrected chi connectivity index (χ2v) is 3.05. The molecule has 0 amide bonds. The molecular formula is C9H12N6O2. The monoisotopic (exact) mass is 236 g/mol. The molecule has 0 fully saturated rings. The number of anilines is 2. The van der Waals surface area contributed by atoms with E-state index in [4.69, 9.17) is 9.26 Å². The van der Waals surface area contributed by atoms with Gasteiger partial charge >= 0.3 is 6.01 Å². The maximum Gasteiger partial charge on any atom is 0.322 e. The van der Waals surface area contributed by atoms with E-state index in [1.165, 1.54) is 7.11 Å². The minimum absolute atomic E-state index is 0.240. The lowest BCUT2D eigenvalue weighted by molar-refractivity contribution is 0.378. The first-order valence-electron chi connectivity index (χ1n) is 4.93. The standard InChI is InChI=1S/C9H12N6O2/c1-10-7-13-8(15-9(14-7)16-2)11-5-6-3-4-12-17-6/h3-4H,5H2,1-2H3,(H2,10,11,13,14,15). The van der Waals surface area contributed by atoms with Gasteiger partial charge in [-0.2, -0.15) is 15.0 Å². The highest BCUT2D eigenvalue weighted by atomic mass is 16.5. The fourth-order valence-corrected chi connectivity index (χ4v) is 1.14. The molecule has 0 aliphatic heterocycles. The molecule has 2 aromatic heterocycles. The van der Waals surface area contributed by atoms with Crippen LogP contribution in [-0.2, 0) is 6.54 Å². The van der Waals surface area contributed by atoms with Gasteiger partial charge in [0.2, 0.25) is 11.9 Å². The summed E-state index contributed by atoms with van der Waals surface area (Å²) in [7, 11) is 3.21. The van der Waals surface area contributed by atoms with E-state index in [9.17, 15) is 0 Å². The van der Waals surface area contributed by atoms with Gasteiger partial charge in [-0.25, -0.2) is 0 Å². The van der Waals surface area contributed by atoms with E-state index in [0.29, 0.717) is 24.2 Å². The molecule has 0 atom stereocenters. The van der Waals surface area contributed by atoms with Gasteiger partial charge < -0.3 is 19.9 Å². The minimum atomic E-state index is 0.240. The molecule has 2 rings (SSSR count). The van der Waals surface area contributed by atoms with Crippen LogP contribution in [0.3, 0.4) is 0 Å². The molecule has 0 unspecified atom stereocenters. The van der Waals surface area contributed by atoms with E-state index in [1.54, 1.807) is 19.3 Å². The Morgan fingerprint density at radius 1 is 1.29 bits per heavy atom.